The third kappa shape index (κ3) is 7.20. The molecule has 0 unspecified atom stereocenters. The third-order valence-corrected chi connectivity index (χ3v) is 10.5. The van der Waals surface area contributed by atoms with E-state index in [2.05, 4.69) is 48.7 Å². The Morgan fingerprint density at radius 3 is 1.41 bits per heavy atom. The van der Waals surface area contributed by atoms with Gasteiger partial charge in [-0.15, -0.1) is 22.7 Å². The zero-order valence-electron chi connectivity index (χ0n) is 20.9. The number of thiophene rings is 2. The summed E-state index contributed by atoms with van der Waals surface area (Å²) < 4.78 is 0. The van der Waals surface area contributed by atoms with Gasteiger partial charge in [-0.05, 0) is 74.6 Å². The van der Waals surface area contributed by atoms with Crippen molar-refractivity contribution in [2.24, 2.45) is 11.8 Å². The molecule has 2 aliphatic rings. The van der Waals surface area contributed by atoms with Crippen LogP contribution in [0.3, 0.4) is 0 Å². The van der Waals surface area contributed by atoms with Crippen LogP contribution in [0, 0.1) is 25.7 Å². The first-order chi connectivity index (χ1) is 15.7. The topological polar surface area (TPSA) is 0 Å². The predicted octanol–water partition coefficient (Wildman–Crippen LogP) is 10.7. The summed E-state index contributed by atoms with van der Waals surface area (Å²) in [5.74, 6) is 2.12. The maximum atomic E-state index is 2.50. The van der Waals surface area contributed by atoms with Gasteiger partial charge in [-0.1, -0.05) is 89.9 Å². The highest BCUT2D eigenvalue weighted by Gasteiger charge is 2.18. The largest absolute Gasteiger partial charge is 0.139 e. The van der Waals surface area contributed by atoms with E-state index in [0.717, 1.165) is 11.8 Å². The van der Waals surface area contributed by atoms with Crippen LogP contribution in [-0.4, -0.2) is 0 Å². The van der Waals surface area contributed by atoms with Crippen LogP contribution in [0.25, 0.3) is 9.75 Å². The predicted molar refractivity (Wildman–Crippen MR) is 145 cm³/mol. The number of aryl methyl sites for hydroxylation is 4. The first-order valence-corrected chi connectivity index (χ1v) is 15.5. The Bertz CT molecular complexity index is 731. The summed E-state index contributed by atoms with van der Waals surface area (Å²) in [7, 11) is 0. The van der Waals surface area contributed by atoms with Crippen molar-refractivity contribution in [3.63, 3.8) is 0 Å². The van der Waals surface area contributed by atoms with Gasteiger partial charge in [0.1, 0.15) is 0 Å². The summed E-state index contributed by atoms with van der Waals surface area (Å²) in [5.41, 5.74) is 3.27. The molecular formula is C30H46S2. The average molecular weight is 471 g/mol. The molecule has 0 radical (unpaired) electrons. The van der Waals surface area contributed by atoms with Gasteiger partial charge in [0.05, 0.1) is 0 Å². The first kappa shape index (κ1) is 24.5. The van der Waals surface area contributed by atoms with Crippen molar-refractivity contribution in [2.45, 2.75) is 129 Å². The van der Waals surface area contributed by atoms with Gasteiger partial charge in [-0.25, -0.2) is 0 Å². The van der Waals surface area contributed by atoms with Crippen LogP contribution in [0.1, 0.15) is 124 Å². The van der Waals surface area contributed by atoms with E-state index in [-0.39, 0.29) is 0 Å². The molecule has 0 atom stereocenters. The quantitative estimate of drug-likeness (QED) is 0.255. The van der Waals surface area contributed by atoms with Crippen LogP contribution >= 0.6 is 22.7 Å². The molecule has 2 aliphatic carbocycles. The maximum absolute atomic E-state index is 2.50. The van der Waals surface area contributed by atoms with E-state index in [9.17, 15) is 0 Å². The lowest BCUT2D eigenvalue weighted by Crippen LogP contribution is -1.94. The SMILES string of the molecule is Cc1cc(CCCCCC2CCCC2)c(-c2sc(C)cc2CCCCCC2CCCC2)s1. The van der Waals surface area contributed by atoms with Crippen molar-refractivity contribution in [1.82, 2.24) is 0 Å². The second-order valence-corrected chi connectivity index (χ2v) is 13.4. The molecular weight excluding hydrogens is 424 g/mol. The zero-order valence-corrected chi connectivity index (χ0v) is 22.5. The van der Waals surface area contributed by atoms with Crippen LogP contribution in [0.5, 0.6) is 0 Å². The summed E-state index contributed by atoms with van der Waals surface area (Å²) >= 11 is 4.10. The van der Waals surface area contributed by atoms with E-state index in [1.54, 1.807) is 20.9 Å². The van der Waals surface area contributed by atoms with Crippen molar-refractivity contribution >= 4 is 22.7 Å². The molecule has 0 aliphatic heterocycles. The summed E-state index contributed by atoms with van der Waals surface area (Å²) in [6.45, 7) is 4.61. The Hall–Kier alpha value is -0.600. The second-order valence-electron chi connectivity index (χ2n) is 10.9. The van der Waals surface area contributed by atoms with E-state index in [1.165, 1.54) is 125 Å². The first-order valence-electron chi connectivity index (χ1n) is 13.9. The average Bonchev–Trinajstić information content (AvgIpc) is 3.56. The molecule has 0 nitrogen and oxygen atoms in total. The van der Waals surface area contributed by atoms with Crippen molar-refractivity contribution < 1.29 is 0 Å². The van der Waals surface area contributed by atoms with E-state index >= 15 is 0 Å². The van der Waals surface area contributed by atoms with E-state index < -0.39 is 0 Å². The van der Waals surface area contributed by atoms with Gasteiger partial charge in [-0.2, -0.15) is 0 Å². The van der Waals surface area contributed by atoms with Gasteiger partial charge in [0.2, 0.25) is 0 Å². The monoisotopic (exact) mass is 470 g/mol. The molecule has 2 saturated carbocycles. The number of unbranched alkanes of at least 4 members (excludes halogenated alkanes) is 4. The summed E-state index contributed by atoms with van der Waals surface area (Å²) in [6, 6.07) is 4.99. The lowest BCUT2D eigenvalue weighted by Gasteiger charge is -2.09. The highest BCUT2D eigenvalue weighted by molar-refractivity contribution is 7.22. The zero-order chi connectivity index (χ0) is 22.2. The summed E-state index contributed by atoms with van der Waals surface area (Å²) in [5, 5.41) is 0. The molecule has 0 amide bonds. The molecule has 0 spiro atoms. The van der Waals surface area contributed by atoms with Crippen LogP contribution in [0.15, 0.2) is 12.1 Å². The normalized spacial score (nSPS) is 17.7. The van der Waals surface area contributed by atoms with E-state index in [1.807, 2.05) is 0 Å². The summed E-state index contributed by atoms with van der Waals surface area (Å²) in [6.07, 6.45) is 26.0. The van der Waals surface area contributed by atoms with Crippen LogP contribution in [0.4, 0.5) is 0 Å². The molecule has 0 aromatic carbocycles. The Morgan fingerprint density at radius 2 is 1.00 bits per heavy atom. The Labute approximate surface area is 206 Å². The van der Waals surface area contributed by atoms with Crippen LogP contribution in [-0.2, 0) is 12.8 Å². The minimum absolute atomic E-state index is 1.06. The Morgan fingerprint density at radius 1 is 0.594 bits per heavy atom. The fraction of sp³-hybridized carbons (Fsp3) is 0.733. The second kappa shape index (κ2) is 12.7. The molecule has 2 aromatic rings. The van der Waals surface area contributed by atoms with Gasteiger partial charge in [0.25, 0.3) is 0 Å². The van der Waals surface area contributed by atoms with Gasteiger partial charge < -0.3 is 0 Å². The molecule has 32 heavy (non-hydrogen) atoms. The molecule has 2 heteroatoms. The van der Waals surface area contributed by atoms with Crippen molar-refractivity contribution in [1.29, 1.82) is 0 Å². The maximum Gasteiger partial charge on any atom is 0.0480 e. The minimum Gasteiger partial charge on any atom is -0.139 e. The van der Waals surface area contributed by atoms with Crippen LogP contribution < -0.4 is 0 Å². The highest BCUT2D eigenvalue weighted by Crippen LogP contribution is 2.41. The number of hydrogen-bond donors (Lipinski definition) is 0. The Balaban J connectivity index is 1.26. The molecule has 2 fully saturated rings. The molecule has 0 bridgehead atoms. The lowest BCUT2D eigenvalue weighted by atomic mass is 9.97. The van der Waals surface area contributed by atoms with Gasteiger partial charge in [0.15, 0.2) is 0 Å². The third-order valence-electron chi connectivity index (χ3n) is 8.14. The van der Waals surface area contributed by atoms with Crippen molar-refractivity contribution in [3.05, 3.63) is 33.0 Å². The molecule has 178 valence electrons. The minimum atomic E-state index is 1.06. The highest BCUT2D eigenvalue weighted by atomic mass is 32.1. The van der Waals surface area contributed by atoms with Gasteiger partial charge in [-0.3, -0.25) is 0 Å². The fourth-order valence-corrected chi connectivity index (χ4v) is 8.67. The molecule has 0 N–H and O–H groups in total. The van der Waals surface area contributed by atoms with Gasteiger partial charge >= 0.3 is 0 Å². The van der Waals surface area contributed by atoms with E-state index in [0.29, 0.717) is 0 Å². The Kier molecular flexibility index (Phi) is 9.77. The number of rotatable bonds is 13. The fourth-order valence-electron chi connectivity index (χ4n) is 6.34. The van der Waals surface area contributed by atoms with Crippen molar-refractivity contribution in [2.75, 3.05) is 0 Å². The summed E-state index contributed by atoms with van der Waals surface area (Å²) in [4.78, 5) is 6.21. The van der Waals surface area contributed by atoms with E-state index in [4.69, 9.17) is 0 Å². The molecule has 2 heterocycles. The molecule has 2 aromatic heterocycles. The molecule has 0 saturated heterocycles. The van der Waals surface area contributed by atoms with Gasteiger partial charge in [0, 0.05) is 19.5 Å². The number of hydrogen-bond acceptors (Lipinski definition) is 2. The molecule has 4 rings (SSSR count). The lowest BCUT2D eigenvalue weighted by molar-refractivity contribution is 0.468. The standard InChI is InChI=1S/C30H46S2/c1-23-21-27(19-7-3-5-13-25-15-9-10-16-25)29(31-23)30-28(22-24(2)32-30)20-8-4-6-14-26-17-11-12-18-26/h21-22,25-26H,3-20H2,1-2H3. The van der Waals surface area contributed by atoms with Crippen LogP contribution in [0.2, 0.25) is 0 Å². The van der Waals surface area contributed by atoms with Crippen molar-refractivity contribution in [3.8, 4) is 9.75 Å². The smallest absolute Gasteiger partial charge is 0.0480 e.